The Morgan fingerprint density at radius 3 is 2.73 bits per heavy atom. The van der Waals surface area contributed by atoms with Gasteiger partial charge < -0.3 is 9.52 Å². The first kappa shape index (κ1) is 10.4. The van der Waals surface area contributed by atoms with E-state index >= 15 is 0 Å². The molecule has 0 aliphatic heterocycles. The maximum Gasteiger partial charge on any atom is 0.143 e. The lowest BCUT2D eigenvalue weighted by Gasteiger charge is -2.09. The van der Waals surface area contributed by atoms with E-state index in [1.54, 1.807) is 37.8 Å². The van der Waals surface area contributed by atoms with Crippen LogP contribution in [0.4, 0.5) is 0 Å². The number of ketones is 1. The summed E-state index contributed by atoms with van der Waals surface area (Å²) < 4.78 is 5.01. The normalized spacial score (nSPS) is 19.3. The van der Waals surface area contributed by atoms with Crippen molar-refractivity contribution in [3.63, 3.8) is 0 Å². The molecular weight excluding hydrogens is 192 g/mol. The second kappa shape index (κ2) is 4.62. The summed E-state index contributed by atoms with van der Waals surface area (Å²) in [4.78, 5) is 11.6. The Balaban J connectivity index is 1.88. The molecule has 1 atom stereocenters. The molecule has 3 nitrogen and oxygen atoms in total. The first-order valence-electron chi connectivity index (χ1n) is 4.74. The predicted molar refractivity (Wildman–Crippen MR) is 53.7 cm³/mol. The fraction of sp³-hybridized carbons (Fsp3) is 0.167. The molecule has 1 aliphatic rings. The number of rotatable bonds is 4. The fourth-order valence-electron chi connectivity index (χ4n) is 1.43. The highest BCUT2D eigenvalue weighted by Gasteiger charge is 2.27. The van der Waals surface area contributed by atoms with E-state index in [2.05, 4.69) is 0 Å². The number of furan rings is 1. The van der Waals surface area contributed by atoms with E-state index in [1.807, 2.05) is 0 Å². The van der Waals surface area contributed by atoms with Crippen LogP contribution in [-0.2, 0) is 4.79 Å². The number of aliphatic hydroxyl groups excluding tert-OH is 1. The highest BCUT2D eigenvalue weighted by atomic mass is 16.4. The smallest absolute Gasteiger partial charge is 0.143 e. The Labute approximate surface area is 89.1 Å². The van der Waals surface area contributed by atoms with Crippen molar-refractivity contribution in [1.29, 1.82) is 0 Å². The molecule has 15 heavy (non-hydrogen) atoms. The van der Waals surface area contributed by atoms with Gasteiger partial charge in [0.25, 0.3) is 0 Å². The average Bonchev–Trinajstić information content (AvgIpc) is 2.91. The van der Waals surface area contributed by atoms with E-state index in [9.17, 15) is 9.90 Å². The van der Waals surface area contributed by atoms with E-state index < -0.39 is 6.10 Å². The van der Waals surface area contributed by atoms with Crippen molar-refractivity contribution < 1.29 is 14.3 Å². The van der Waals surface area contributed by atoms with Gasteiger partial charge in [-0.05, 0) is 37.8 Å². The third-order valence-corrected chi connectivity index (χ3v) is 2.24. The number of hydrogen-bond acceptors (Lipinski definition) is 3. The SMILES string of the molecule is O=C(CC(O)c1ccco1)[C]1[CH][CH][CH][CH]1. The lowest BCUT2D eigenvalue weighted by Crippen LogP contribution is -2.13. The monoisotopic (exact) mass is 203 g/mol. The Kier molecular flexibility index (Phi) is 3.21. The number of carbonyl (C=O) groups is 1. The lowest BCUT2D eigenvalue weighted by molar-refractivity contribution is -0.118. The summed E-state index contributed by atoms with van der Waals surface area (Å²) in [5, 5.41) is 9.66. The zero-order valence-corrected chi connectivity index (χ0v) is 8.09. The molecule has 1 saturated carbocycles. The minimum absolute atomic E-state index is 0.0531. The first-order valence-corrected chi connectivity index (χ1v) is 4.74. The molecular formula is C12H11O3. The Morgan fingerprint density at radius 2 is 2.13 bits per heavy atom. The van der Waals surface area contributed by atoms with E-state index in [0.29, 0.717) is 11.7 Å². The molecule has 1 N–H and O–H groups in total. The van der Waals surface area contributed by atoms with E-state index in [4.69, 9.17) is 4.42 Å². The topological polar surface area (TPSA) is 50.4 Å². The maximum absolute atomic E-state index is 11.6. The van der Waals surface area contributed by atoms with Gasteiger partial charge in [-0.1, -0.05) is 0 Å². The molecule has 0 aromatic carbocycles. The Morgan fingerprint density at radius 1 is 1.40 bits per heavy atom. The van der Waals surface area contributed by atoms with Gasteiger partial charge in [-0.25, -0.2) is 0 Å². The molecule has 0 bridgehead atoms. The van der Waals surface area contributed by atoms with Gasteiger partial charge in [-0.15, -0.1) is 0 Å². The van der Waals surface area contributed by atoms with Crippen LogP contribution in [-0.4, -0.2) is 10.9 Å². The van der Waals surface area contributed by atoms with Crippen LogP contribution in [0.1, 0.15) is 18.3 Å². The standard InChI is InChI=1S/C12H11O3/c13-10(9-4-1-2-5-9)8-11(14)12-6-3-7-15-12/h1-7,11,14H,8H2. The zero-order chi connectivity index (χ0) is 10.7. The van der Waals surface area contributed by atoms with E-state index in [1.165, 1.54) is 6.26 Å². The van der Waals surface area contributed by atoms with Crippen LogP contribution in [0, 0.1) is 31.6 Å². The summed E-state index contributed by atoms with van der Waals surface area (Å²) in [7, 11) is 0. The summed E-state index contributed by atoms with van der Waals surface area (Å²) in [6.07, 6.45) is 7.73. The van der Waals surface area contributed by atoms with Crippen molar-refractivity contribution >= 4 is 5.78 Å². The van der Waals surface area contributed by atoms with Crippen LogP contribution in [0.5, 0.6) is 0 Å². The van der Waals surface area contributed by atoms with Gasteiger partial charge in [0.2, 0.25) is 0 Å². The number of carbonyl (C=O) groups excluding carboxylic acids is 1. The van der Waals surface area contributed by atoms with Crippen molar-refractivity contribution in [3.05, 3.63) is 55.8 Å². The van der Waals surface area contributed by atoms with Crippen LogP contribution in [0.15, 0.2) is 22.8 Å². The minimum Gasteiger partial charge on any atom is -0.467 e. The fourth-order valence-corrected chi connectivity index (χ4v) is 1.43. The molecule has 1 unspecified atom stereocenters. The Hall–Kier alpha value is -1.09. The number of Topliss-reactive ketones (excluding diaryl/α,β-unsaturated/α-hetero) is 1. The molecule has 2 rings (SSSR count). The first-order chi connectivity index (χ1) is 7.27. The largest absolute Gasteiger partial charge is 0.467 e. The molecule has 1 aliphatic carbocycles. The summed E-state index contributed by atoms with van der Waals surface area (Å²) in [6.45, 7) is 0. The van der Waals surface area contributed by atoms with Gasteiger partial charge in [0, 0.05) is 12.3 Å². The van der Waals surface area contributed by atoms with Gasteiger partial charge in [-0.3, -0.25) is 4.79 Å². The van der Waals surface area contributed by atoms with Crippen molar-refractivity contribution in [2.24, 2.45) is 0 Å². The summed E-state index contributed by atoms with van der Waals surface area (Å²) in [6, 6.07) is 3.34. The van der Waals surface area contributed by atoms with Crippen molar-refractivity contribution in [2.45, 2.75) is 12.5 Å². The van der Waals surface area contributed by atoms with Gasteiger partial charge >= 0.3 is 0 Å². The number of hydrogen-bond donors (Lipinski definition) is 1. The molecule has 0 amide bonds. The highest BCUT2D eigenvalue weighted by Crippen LogP contribution is 2.28. The predicted octanol–water partition coefficient (Wildman–Crippen LogP) is 1.68. The summed E-state index contributed by atoms with van der Waals surface area (Å²) in [5.74, 6) is 0.972. The zero-order valence-electron chi connectivity index (χ0n) is 8.09. The van der Waals surface area contributed by atoms with E-state index in [0.717, 1.165) is 0 Å². The molecule has 1 aromatic heterocycles. The molecule has 1 aromatic rings. The second-order valence-corrected chi connectivity index (χ2v) is 3.33. The lowest BCUT2D eigenvalue weighted by atomic mass is 9.97. The van der Waals surface area contributed by atoms with Crippen LogP contribution in [0.25, 0.3) is 0 Å². The van der Waals surface area contributed by atoms with Gasteiger partial charge in [0.15, 0.2) is 0 Å². The van der Waals surface area contributed by atoms with Gasteiger partial charge in [0.05, 0.1) is 6.26 Å². The molecule has 1 heterocycles. The summed E-state index contributed by atoms with van der Waals surface area (Å²) >= 11 is 0. The molecule has 5 radical (unpaired) electrons. The van der Waals surface area contributed by atoms with Crippen molar-refractivity contribution in [1.82, 2.24) is 0 Å². The van der Waals surface area contributed by atoms with Crippen molar-refractivity contribution in [3.8, 4) is 0 Å². The van der Waals surface area contributed by atoms with Gasteiger partial charge in [0.1, 0.15) is 17.6 Å². The molecule has 0 saturated heterocycles. The number of aliphatic hydroxyl groups is 1. The van der Waals surface area contributed by atoms with Crippen LogP contribution in [0.2, 0.25) is 0 Å². The quantitative estimate of drug-likeness (QED) is 0.809. The molecule has 77 valence electrons. The van der Waals surface area contributed by atoms with E-state index in [-0.39, 0.29) is 12.2 Å². The minimum atomic E-state index is -0.859. The van der Waals surface area contributed by atoms with Gasteiger partial charge in [-0.2, -0.15) is 0 Å². The molecule has 1 fully saturated rings. The Bertz CT molecular complexity index is 310. The second-order valence-electron chi connectivity index (χ2n) is 3.33. The summed E-state index contributed by atoms with van der Waals surface area (Å²) in [5.41, 5.74) is 0. The van der Waals surface area contributed by atoms with Crippen LogP contribution in [0.3, 0.4) is 0 Å². The van der Waals surface area contributed by atoms with Crippen LogP contribution >= 0.6 is 0 Å². The molecule has 0 spiro atoms. The third-order valence-electron chi connectivity index (χ3n) is 2.24. The average molecular weight is 203 g/mol. The van der Waals surface area contributed by atoms with Crippen LogP contribution < -0.4 is 0 Å². The van der Waals surface area contributed by atoms with Crippen molar-refractivity contribution in [2.75, 3.05) is 0 Å². The highest BCUT2D eigenvalue weighted by molar-refractivity contribution is 5.97. The third kappa shape index (κ3) is 2.48. The molecule has 3 heteroatoms. The maximum atomic E-state index is 11.6.